The Hall–Kier alpha value is -1.14. The summed E-state index contributed by atoms with van der Waals surface area (Å²) in [4.78, 5) is 24.7. The van der Waals surface area contributed by atoms with Crippen LogP contribution in [-0.4, -0.2) is 22.8 Å². The van der Waals surface area contributed by atoms with Crippen molar-refractivity contribution in [2.45, 2.75) is 18.4 Å². The van der Waals surface area contributed by atoms with Crippen LogP contribution >= 0.6 is 23.4 Å². The third-order valence-electron chi connectivity index (χ3n) is 2.17. The number of halogens is 1. The molecular formula is C11H13ClN2O3S. The van der Waals surface area contributed by atoms with Crippen LogP contribution in [-0.2, 0) is 4.74 Å². The molecule has 7 heteroatoms. The molecule has 0 unspecified atom stereocenters. The normalized spacial score (nSPS) is 11.9. The standard InChI is InChI=1S/C11H13ClN2O3S/c1-8(7-17-11(12)15)4-5-18-10-3-2-9(14-16)6-13-10/h2-3,6,8H,4-5,7H2,1H3/t8-/m0/s1. The topological polar surface area (TPSA) is 68.6 Å². The molecule has 1 aromatic heterocycles. The lowest BCUT2D eigenvalue weighted by Crippen LogP contribution is -2.08. The van der Waals surface area contributed by atoms with Gasteiger partial charge < -0.3 is 4.74 Å². The molecule has 1 rings (SSSR count). The summed E-state index contributed by atoms with van der Waals surface area (Å²) in [7, 11) is 0. The van der Waals surface area contributed by atoms with Gasteiger partial charge in [0.15, 0.2) is 0 Å². The second-order valence-electron chi connectivity index (χ2n) is 3.74. The highest BCUT2D eigenvalue weighted by Crippen LogP contribution is 2.20. The Bertz CT molecular complexity index is 400. The van der Waals surface area contributed by atoms with Crippen molar-refractivity contribution in [2.24, 2.45) is 11.1 Å². The number of hydrogen-bond donors (Lipinski definition) is 0. The number of ether oxygens (including phenoxy) is 1. The van der Waals surface area contributed by atoms with Gasteiger partial charge in [0.2, 0.25) is 0 Å². The van der Waals surface area contributed by atoms with Crippen molar-refractivity contribution in [2.75, 3.05) is 12.4 Å². The zero-order chi connectivity index (χ0) is 13.4. The van der Waals surface area contributed by atoms with Crippen molar-refractivity contribution < 1.29 is 9.53 Å². The summed E-state index contributed by atoms with van der Waals surface area (Å²) >= 11 is 6.64. The third kappa shape index (κ3) is 5.97. The van der Waals surface area contributed by atoms with Crippen LogP contribution in [0.5, 0.6) is 0 Å². The van der Waals surface area contributed by atoms with Crippen LogP contribution in [0, 0.1) is 10.8 Å². The highest BCUT2D eigenvalue weighted by atomic mass is 35.5. The fourth-order valence-corrected chi connectivity index (χ4v) is 2.25. The van der Waals surface area contributed by atoms with Gasteiger partial charge in [0.05, 0.1) is 17.8 Å². The molecule has 0 amide bonds. The minimum atomic E-state index is -0.770. The van der Waals surface area contributed by atoms with Crippen molar-refractivity contribution >= 4 is 34.5 Å². The fourth-order valence-electron chi connectivity index (χ4n) is 1.17. The summed E-state index contributed by atoms with van der Waals surface area (Å²) in [5.74, 6) is 1.10. The van der Waals surface area contributed by atoms with Gasteiger partial charge in [0, 0.05) is 11.6 Å². The Morgan fingerprint density at radius 1 is 1.61 bits per heavy atom. The molecular weight excluding hydrogens is 276 g/mol. The zero-order valence-corrected chi connectivity index (χ0v) is 11.4. The van der Waals surface area contributed by atoms with E-state index >= 15 is 0 Å². The average molecular weight is 289 g/mol. The minimum Gasteiger partial charge on any atom is -0.453 e. The average Bonchev–Trinajstić information content (AvgIpc) is 2.37. The number of thioether (sulfide) groups is 1. The first-order chi connectivity index (χ1) is 8.61. The smallest absolute Gasteiger partial charge is 0.403 e. The number of nitrogens with zero attached hydrogens (tertiary/aromatic N) is 2. The van der Waals surface area contributed by atoms with E-state index in [1.165, 1.54) is 6.20 Å². The molecule has 0 radical (unpaired) electrons. The molecule has 0 saturated heterocycles. The van der Waals surface area contributed by atoms with Gasteiger partial charge in [-0.15, -0.1) is 16.7 Å². The maximum atomic E-state index is 10.4. The van der Waals surface area contributed by atoms with Crippen LogP contribution in [0.2, 0.25) is 0 Å². The molecule has 0 aliphatic carbocycles. The van der Waals surface area contributed by atoms with Gasteiger partial charge in [0.1, 0.15) is 5.69 Å². The van der Waals surface area contributed by atoms with Gasteiger partial charge in [-0.3, -0.25) is 0 Å². The molecule has 5 nitrogen and oxygen atoms in total. The van der Waals surface area contributed by atoms with E-state index in [0.717, 1.165) is 17.2 Å². The number of rotatable bonds is 7. The molecule has 1 heterocycles. The lowest BCUT2D eigenvalue weighted by molar-refractivity contribution is 0.154. The quantitative estimate of drug-likeness (QED) is 0.431. The molecule has 1 atom stereocenters. The van der Waals surface area contributed by atoms with Gasteiger partial charge in [-0.2, -0.15) is 0 Å². The highest BCUT2D eigenvalue weighted by Gasteiger charge is 2.06. The van der Waals surface area contributed by atoms with Crippen LogP contribution in [0.3, 0.4) is 0 Å². The van der Waals surface area contributed by atoms with E-state index in [1.807, 2.05) is 6.92 Å². The molecule has 1 aromatic rings. The number of carbonyl (C=O) groups is 1. The van der Waals surface area contributed by atoms with Crippen molar-refractivity contribution in [3.63, 3.8) is 0 Å². The molecule has 0 N–H and O–H groups in total. The fraction of sp³-hybridized carbons (Fsp3) is 0.455. The van der Waals surface area contributed by atoms with E-state index in [1.54, 1.807) is 23.9 Å². The number of pyridine rings is 1. The van der Waals surface area contributed by atoms with E-state index < -0.39 is 5.43 Å². The predicted molar refractivity (Wildman–Crippen MR) is 71.4 cm³/mol. The number of aromatic nitrogens is 1. The van der Waals surface area contributed by atoms with Crippen molar-refractivity contribution in [1.82, 2.24) is 4.98 Å². The Morgan fingerprint density at radius 2 is 2.39 bits per heavy atom. The first kappa shape index (κ1) is 14.9. The number of nitroso groups, excluding NO2 is 1. The molecule has 0 bridgehead atoms. The third-order valence-corrected chi connectivity index (χ3v) is 3.25. The summed E-state index contributed by atoms with van der Waals surface area (Å²) in [6, 6.07) is 3.38. The van der Waals surface area contributed by atoms with Gasteiger partial charge in [-0.05, 0) is 35.4 Å². The predicted octanol–water partition coefficient (Wildman–Crippen LogP) is 3.97. The first-order valence-corrected chi connectivity index (χ1v) is 6.72. The van der Waals surface area contributed by atoms with Crippen molar-refractivity contribution in [3.05, 3.63) is 23.2 Å². The van der Waals surface area contributed by atoms with E-state index in [4.69, 9.17) is 16.3 Å². The van der Waals surface area contributed by atoms with Gasteiger partial charge in [-0.1, -0.05) is 6.92 Å². The van der Waals surface area contributed by atoms with E-state index in [-0.39, 0.29) is 5.92 Å². The zero-order valence-electron chi connectivity index (χ0n) is 9.84. The highest BCUT2D eigenvalue weighted by molar-refractivity contribution is 7.99. The van der Waals surface area contributed by atoms with E-state index in [2.05, 4.69) is 10.2 Å². The summed E-state index contributed by atoms with van der Waals surface area (Å²) in [5, 5.41) is 3.62. The number of hydrogen-bond acceptors (Lipinski definition) is 6. The lowest BCUT2D eigenvalue weighted by Gasteiger charge is -2.09. The summed E-state index contributed by atoms with van der Waals surface area (Å²) in [6.07, 6.45) is 2.32. The van der Waals surface area contributed by atoms with Gasteiger partial charge >= 0.3 is 5.43 Å². The van der Waals surface area contributed by atoms with Crippen LogP contribution in [0.4, 0.5) is 10.5 Å². The van der Waals surface area contributed by atoms with E-state index in [9.17, 15) is 9.70 Å². The second-order valence-corrected chi connectivity index (χ2v) is 5.16. The van der Waals surface area contributed by atoms with Crippen molar-refractivity contribution in [1.29, 1.82) is 0 Å². The summed E-state index contributed by atoms with van der Waals surface area (Å²) in [5.41, 5.74) is -0.449. The van der Waals surface area contributed by atoms with Gasteiger partial charge in [-0.25, -0.2) is 9.78 Å². The monoisotopic (exact) mass is 288 g/mol. The van der Waals surface area contributed by atoms with E-state index in [0.29, 0.717) is 12.3 Å². The van der Waals surface area contributed by atoms with Crippen molar-refractivity contribution in [3.8, 4) is 0 Å². The largest absolute Gasteiger partial charge is 0.453 e. The van der Waals surface area contributed by atoms with Gasteiger partial charge in [0.25, 0.3) is 0 Å². The molecule has 0 spiro atoms. The summed E-state index contributed by atoms with van der Waals surface area (Å²) < 4.78 is 4.69. The molecule has 0 saturated carbocycles. The maximum absolute atomic E-state index is 10.4. The number of carbonyl (C=O) groups excluding carboxylic acids is 1. The Morgan fingerprint density at radius 3 is 2.94 bits per heavy atom. The Kier molecular flexibility index (Phi) is 6.67. The van der Waals surface area contributed by atoms with Crippen LogP contribution in [0.15, 0.2) is 28.5 Å². The van der Waals surface area contributed by atoms with Crippen LogP contribution < -0.4 is 0 Å². The molecule has 0 aliphatic rings. The molecule has 98 valence electrons. The Labute approximate surface area is 114 Å². The lowest BCUT2D eigenvalue weighted by atomic mass is 10.1. The molecule has 0 aromatic carbocycles. The SMILES string of the molecule is C[C@@H](CCSc1ccc(N=O)cn1)COC(=O)Cl. The molecule has 18 heavy (non-hydrogen) atoms. The first-order valence-electron chi connectivity index (χ1n) is 5.36. The molecule has 0 aliphatic heterocycles. The van der Waals surface area contributed by atoms with Crippen LogP contribution in [0.25, 0.3) is 0 Å². The molecule has 0 fully saturated rings. The second kappa shape index (κ2) is 8.05. The summed E-state index contributed by atoms with van der Waals surface area (Å²) in [6.45, 7) is 2.30. The van der Waals surface area contributed by atoms with Crippen LogP contribution in [0.1, 0.15) is 13.3 Å². The Balaban J connectivity index is 2.23. The minimum absolute atomic E-state index is 0.246. The maximum Gasteiger partial charge on any atom is 0.403 e.